The van der Waals surface area contributed by atoms with Gasteiger partial charge in [0.1, 0.15) is 0 Å². The van der Waals surface area contributed by atoms with Crippen LogP contribution in [0.3, 0.4) is 0 Å². The van der Waals surface area contributed by atoms with Gasteiger partial charge in [0.2, 0.25) is 5.91 Å². The highest BCUT2D eigenvalue weighted by Gasteiger charge is 2.11. The zero-order valence-corrected chi connectivity index (χ0v) is 17.4. The second kappa shape index (κ2) is 9.61. The molecule has 6 nitrogen and oxygen atoms in total. The van der Waals surface area contributed by atoms with E-state index in [1.165, 1.54) is 25.3 Å². The van der Waals surface area contributed by atoms with Crippen LogP contribution in [0.4, 0.5) is 5.69 Å². The number of halogens is 1. The second-order valence-corrected chi connectivity index (χ2v) is 8.43. The maximum absolute atomic E-state index is 12.2. The van der Waals surface area contributed by atoms with E-state index in [9.17, 15) is 13.2 Å². The van der Waals surface area contributed by atoms with Crippen molar-refractivity contribution in [2.24, 2.45) is 0 Å². The van der Waals surface area contributed by atoms with E-state index in [1.807, 2.05) is 6.92 Å². The molecule has 0 unspecified atom stereocenters. The average Bonchev–Trinajstić information content (AvgIpc) is 2.64. The van der Waals surface area contributed by atoms with Gasteiger partial charge < -0.3 is 14.8 Å². The Morgan fingerprint density at radius 3 is 2.64 bits per heavy atom. The fourth-order valence-electron chi connectivity index (χ4n) is 2.34. The highest BCUT2D eigenvalue weighted by Crippen LogP contribution is 2.36. The van der Waals surface area contributed by atoms with E-state index in [-0.39, 0.29) is 4.90 Å². The standard InChI is InChI=1S/C20H22ClNO5S/c1-4-10-27-20-17(21)11-14(12-18(20)26-2)8-9-19(23)22-15-6-5-7-16(13-15)28(3,24)25/h5-9,11-13H,4,10H2,1-3H3,(H,22,23). The van der Waals surface area contributed by atoms with Crippen LogP contribution in [0, 0.1) is 0 Å². The summed E-state index contributed by atoms with van der Waals surface area (Å²) in [5.74, 6) is 0.527. The van der Waals surface area contributed by atoms with Gasteiger partial charge >= 0.3 is 0 Å². The number of rotatable bonds is 8. The molecule has 1 amide bonds. The lowest BCUT2D eigenvalue weighted by atomic mass is 10.2. The molecule has 0 saturated carbocycles. The second-order valence-electron chi connectivity index (χ2n) is 6.01. The number of ether oxygens (including phenoxy) is 2. The summed E-state index contributed by atoms with van der Waals surface area (Å²) >= 11 is 6.26. The molecule has 0 aliphatic carbocycles. The maximum atomic E-state index is 12.2. The Bertz CT molecular complexity index is 986. The fourth-order valence-corrected chi connectivity index (χ4v) is 3.28. The van der Waals surface area contributed by atoms with Crippen molar-refractivity contribution in [1.29, 1.82) is 0 Å². The summed E-state index contributed by atoms with van der Waals surface area (Å²) in [6.07, 6.45) is 4.85. The summed E-state index contributed by atoms with van der Waals surface area (Å²) in [7, 11) is -1.84. The molecule has 8 heteroatoms. The molecule has 2 aromatic rings. The molecule has 2 aromatic carbocycles. The van der Waals surface area contributed by atoms with Gasteiger partial charge in [-0.2, -0.15) is 0 Å². The zero-order chi connectivity index (χ0) is 20.7. The van der Waals surface area contributed by atoms with E-state index in [1.54, 1.807) is 30.3 Å². The van der Waals surface area contributed by atoms with Crippen molar-refractivity contribution in [3.63, 3.8) is 0 Å². The van der Waals surface area contributed by atoms with Gasteiger partial charge in [0.25, 0.3) is 0 Å². The SMILES string of the molecule is CCCOc1c(Cl)cc(C=CC(=O)Nc2cccc(S(C)(=O)=O)c2)cc1OC. The molecule has 0 aromatic heterocycles. The van der Waals surface area contributed by atoms with E-state index in [4.69, 9.17) is 21.1 Å². The molecule has 0 atom stereocenters. The number of anilines is 1. The van der Waals surface area contributed by atoms with Crippen LogP contribution in [0.15, 0.2) is 47.4 Å². The Kier molecular flexibility index (Phi) is 7.48. The Morgan fingerprint density at radius 2 is 2.00 bits per heavy atom. The van der Waals surface area contributed by atoms with Crippen LogP contribution in [-0.4, -0.2) is 34.3 Å². The molecule has 0 heterocycles. The van der Waals surface area contributed by atoms with Crippen molar-refractivity contribution in [3.8, 4) is 11.5 Å². The van der Waals surface area contributed by atoms with E-state index >= 15 is 0 Å². The lowest BCUT2D eigenvalue weighted by Gasteiger charge is -2.12. The van der Waals surface area contributed by atoms with Crippen molar-refractivity contribution in [2.45, 2.75) is 18.2 Å². The number of carbonyl (C=O) groups is 1. The van der Waals surface area contributed by atoms with Crippen LogP contribution in [-0.2, 0) is 14.6 Å². The number of benzene rings is 2. The van der Waals surface area contributed by atoms with Crippen LogP contribution < -0.4 is 14.8 Å². The number of hydrogen-bond donors (Lipinski definition) is 1. The number of amides is 1. The summed E-state index contributed by atoms with van der Waals surface area (Å²) in [6.45, 7) is 2.50. The first-order valence-electron chi connectivity index (χ1n) is 8.54. The first-order valence-corrected chi connectivity index (χ1v) is 10.8. The van der Waals surface area contributed by atoms with Crippen LogP contribution in [0.2, 0.25) is 5.02 Å². The lowest BCUT2D eigenvalue weighted by molar-refractivity contribution is -0.111. The molecule has 0 radical (unpaired) electrons. The predicted octanol–water partition coefficient (Wildman–Crippen LogP) is 4.19. The van der Waals surface area contributed by atoms with Crippen molar-refractivity contribution in [1.82, 2.24) is 0 Å². The molecule has 0 aliphatic heterocycles. The summed E-state index contributed by atoms with van der Waals surface area (Å²) in [5, 5.41) is 3.01. The summed E-state index contributed by atoms with van der Waals surface area (Å²) < 4.78 is 34.1. The third-order valence-electron chi connectivity index (χ3n) is 3.66. The van der Waals surface area contributed by atoms with Crippen molar-refractivity contribution in [3.05, 3.63) is 53.1 Å². The summed E-state index contributed by atoms with van der Waals surface area (Å²) in [5.41, 5.74) is 1.04. The normalized spacial score (nSPS) is 11.4. The largest absolute Gasteiger partial charge is 0.493 e. The van der Waals surface area contributed by atoms with E-state index in [0.29, 0.717) is 34.4 Å². The Labute approximate surface area is 170 Å². The minimum Gasteiger partial charge on any atom is -0.493 e. The summed E-state index contributed by atoms with van der Waals surface area (Å²) in [4.78, 5) is 12.3. The lowest BCUT2D eigenvalue weighted by Crippen LogP contribution is -2.08. The number of methoxy groups -OCH3 is 1. The smallest absolute Gasteiger partial charge is 0.248 e. The molecular formula is C20H22ClNO5S. The minimum absolute atomic E-state index is 0.133. The van der Waals surface area contributed by atoms with Gasteiger partial charge in [-0.05, 0) is 48.4 Å². The van der Waals surface area contributed by atoms with Gasteiger partial charge in [0.15, 0.2) is 21.3 Å². The molecule has 28 heavy (non-hydrogen) atoms. The monoisotopic (exact) mass is 423 g/mol. The highest BCUT2D eigenvalue weighted by molar-refractivity contribution is 7.90. The third kappa shape index (κ3) is 6.00. The van der Waals surface area contributed by atoms with Crippen LogP contribution in [0.5, 0.6) is 11.5 Å². The topological polar surface area (TPSA) is 81.7 Å². The van der Waals surface area contributed by atoms with Crippen LogP contribution in [0.25, 0.3) is 6.08 Å². The van der Waals surface area contributed by atoms with Gasteiger partial charge in [0, 0.05) is 18.0 Å². The van der Waals surface area contributed by atoms with Crippen molar-refractivity contribution >= 4 is 39.1 Å². The molecule has 150 valence electrons. The zero-order valence-electron chi connectivity index (χ0n) is 15.9. The Morgan fingerprint density at radius 1 is 1.25 bits per heavy atom. The Balaban J connectivity index is 2.15. The van der Waals surface area contributed by atoms with Gasteiger partial charge in [-0.3, -0.25) is 4.79 Å². The number of sulfone groups is 1. The first kappa shape index (κ1) is 21.8. The molecule has 0 bridgehead atoms. The van der Waals surface area contributed by atoms with Crippen LogP contribution >= 0.6 is 11.6 Å². The number of carbonyl (C=O) groups excluding carboxylic acids is 1. The predicted molar refractivity (Wildman–Crippen MR) is 111 cm³/mol. The highest BCUT2D eigenvalue weighted by atomic mass is 35.5. The van der Waals surface area contributed by atoms with Gasteiger partial charge in [-0.1, -0.05) is 24.6 Å². The molecule has 2 rings (SSSR count). The minimum atomic E-state index is -3.35. The molecule has 0 spiro atoms. The molecule has 0 fully saturated rings. The van der Waals surface area contributed by atoms with E-state index in [2.05, 4.69) is 5.32 Å². The average molecular weight is 424 g/mol. The van der Waals surface area contributed by atoms with Gasteiger partial charge in [-0.15, -0.1) is 0 Å². The van der Waals surface area contributed by atoms with Crippen molar-refractivity contribution in [2.75, 3.05) is 25.3 Å². The molecule has 1 N–H and O–H groups in total. The van der Waals surface area contributed by atoms with Gasteiger partial charge in [0.05, 0.1) is 23.6 Å². The molecule has 0 aliphatic rings. The first-order chi connectivity index (χ1) is 13.2. The van der Waals surface area contributed by atoms with E-state index < -0.39 is 15.7 Å². The quantitative estimate of drug-likeness (QED) is 0.643. The maximum Gasteiger partial charge on any atom is 0.248 e. The van der Waals surface area contributed by atoms with E-state index in [0.717, 1.165) is 12.7 Å². The molecular weight excluding hydrogens is 402 g/mol. The van der Waals surface area contributed by atoms with Crippen LogP contribution in [0.1, 0.15) is 18.9 Å². The third-order valence-corrected chi connectivity index (χ3v) is 5.05. The fraction of sp³-hybridized carbons (Fsp3) is 0.250. The van der Waals surface area contributed by atoms with Gasteiger partial charge in [-0.25, -0.2) is 8.42 Å². The van der Waals surface area contributed by atoms with Crippen molar-refractivity contribution < 1.29 is 22.7 Å². The number of hydrogen-bond acceptors (Lipinski definition) is 5. The number of nitrogens with one attached hydrogen (secondary N) is 1. The summed E-state index contributed by atoms with van der Waals surface area (Å²) in [6, 6.07) is 9.43. The Hall–Kier alpha value is -2.51. The molecule has 0 saturated heterocycles.